The Morgan fingerprint density at radius 2 is 1.81 bits per heavy atom. The first-order valence-electron chi connectivity index (χ1n) is 8.07. The number of carbonyl (C=O) groups excluding carboxylic acids is 1. The van der Waals surface area contributed by atoms with Gasteiger partial charge in [-0.1, -0.05) is 6.07 Å². The monoisotopic (exact) mass is 351 g/mol. The summed E-state index contributed by atoms with van der Waals surface area (Å²) in [6.07, 6.45) is 3.15. The number of anilines is 1. The second-order valence-electron chi connectivity index (χ2n) is 6.04. The van der Waals surface area contributed by atoms with Crippen LogP contribution in [0.1, 0.15) is 5.56 Å². The molecule has 2 heterocycles. The highest BCUT2D eigenvalue weighted by atomic mass is 16.7. The molecule has 0 spiro atoms. The summed E-state index contributed by atoms with van der Waals surface area (Å²) in [5.74, 6) is 1.11. The molecule has 26 heavy (non-hydrogen) atoms. The van der Waals surface area contributed by atoms with E-state index >= 15 is 0 Å². The Morgan fingerprint density at radius 3 is 2.65 bits per heavy atom. The maximum Gasteiger partial charge on any atom is 0.328 e. The Bertz CT molecular complexity index is 1110. The number of hydrogen-bond donors (Lipinski definition) is 1. The fourth-order valence-electron chi connectivity index (χ4n) is 2.96. The average Bonchev–Trinajstić information content (AvgIpc) is 3.19. The summed E-state index contributed by atoms with van der Waals surface area (Å²) >= 11 is 0. The van der Waals surface area contributed by atoms with Gasteiger partial charge in [0, 0.05) is 25.9 Å². The Balaban J connectivity index is 1.52. The number of aryl methyl sites for hydroxylation is 2. The summed E-state index contributed by atoms with van der Waals surface area (Å²) in [6, 6.07) is 10.8. The number of carbonyl (C=O) groups is 1. The third-order valence-electron chi connectivity index (χ3n) is 4.36. The van der Waals surface area contributed by atoms with Gasteiger partial charge in [-0.15, -0.1) is 0 Å². The Kier molecular flexibility index (Phi) is 3.76. The first-order chi connectivity index (χ1) is 12.5. The highest BCUT2D eigenvalue weighted by Crippen LogP contribution is 2.32. The van der Waals surface area contributed by atoms with Crippen LogP contribution < -0.4 is 20.5 Å². The number of aromatic nitrogens is 2. The molecule has 4 rings (SSSR count). The van der Waals surface area contributed by atoms with Gasteiger partial charge in [0.05, 0.1) is 11.0 Å². The maximum atomic E-state index is 12.2. The topological polar surface area (TPSA) is 74.5 Å². The van der Waals surface area contributed by atoms with Crippen molar-refractivity contribution in [2.75, 3.05) is 12.1 Å². The highest BCUT2D eigenvalue weighted by Gasteiger charge is 2.12. The molecule has 0 bridgehead atoms. The van der Waals surface area contributed by atoms with E-state index in [1.165, 1.54) is 6.08 Å². The van der Waals surface area contributed by atoms with E-state index in [1.807, 2.05) is 24.3 Å². The van der Waals surface area contributed by atoms with Crippen molar-refractivity contribution < 1.29 is 14.3 Å². The molecule has 1 amide bonds. The lowest BCUT2D eigenvalue weighted by Gasteiger charge is -2.03. The summed E-state index contributed by atoms with van der Waals surface area (Å²) in [4.78, 5) is 24.2. The van der Waals surface area contributed by atoms with Crippen molar-refractivity contribution in [1.82, 2.24) is 9.13 Å². The first-order valence-corrected chi connectivity index (χ1v) is 8.07. The van der Waals surface area contributed by atoms with E-state index < -0.39 is 0 Å². The van der Waals surface area contributed by atoms with E-state index in [0.29, 0.717) is 17.2 Å². The molecule has 7 heteroatoms. The number of nitrogens with one attached hydrogen (secondary N) is 1. The fourth-order valence-corrected chi connectivity index (χ4v) is 2.96. The van der Waals surface area contributed by atoms with Crippen LogP contribution in [-0.4, -0.2) is 21.8 Å². The third-order valence-corrected chi connectivity index (χ3v) is 4.36. The SMILES string of the molecule is Cn1c(=O)n(C)c2cc(NC(=O)C=Cc3ccc4c(c3)OCO4)ccc21. The number of nitrogens with zero attached hydrogens (tertiary/aromatic N) is 2. The molecule has 2 aromatic carbocycles. The molecule has 1 aliphatic rings. The van der Waals surface area contributed by atoms with Crippen molar-refractivity contribution in [2.24, 2.45) is 14.1 Å². The zero-order valence-corrected chi connectivity index (χ0v) is 14.4. The predicted octanol–water partition coefficient (Wildman–Crippen LogP) is 2.26. The van der Waals surface area contributed by atoms with Crippen molar-refractivity contribution in [3.63, 3.8) is 0 Å². The standard InChI is InChI=1S/C19H17N3O4/c1-21-14-6-5-13(10-15(14)22(2)19(21)24)20-18(23)8-4-12-3-7-16-17(9-12)26-11-25-16/h3-10H,11H2,1-2H3,(H,20,23). The van der Waals surface area contributed by atoms with Gasteiger partial charge in [0.25, 0.3) is 0 Å². The van der Waals surface area contributed by atoms with E-state index in [4.69, 9.17) is 9.47 Å². The molecule has 7 nitrogen and oxygen atoms in total. The molecule has 132 valence electrons. The maximum absolute atomic E-state index is 12.2. The quantitative estimate of drug-likeness (QED) is 0.735. The van der Waals surface area contributed by atoms with Gasteiger partial charge >= 0.3 is 5.69 Å². The summed E-state index contributed by atoms with van der Waals surface area (Å²) in [6.45, 7) is 0.216. The van der Waals surface area contributed by atoms with Gasteiger partial charge in [0.15, 0.2) is 11.5 Å². The average molecular weight is 351 g/mol. The van der Waals surface area contributed by atoms with Crippen molar-refractivity contribution in [3.8, 4) is 11.5 Å². The molecular formula is C19H17N3O4. The number of ether oxygens (including phenoxy) is 2. The molecule has 0 saturated carbocycles. The summed E-state index contributed by atoms with van der Waals surface area (Å²) in [5, 5.41) is 2.81. The van der Waals surface area contributed by atoms with Gasteiger partial charge in [-0.3, -0.25) is 13.9 Å². The van der Waals surface area contributed by atoms with Crippen LogP contribution in [0.2, 0.25) is 0 Å². The normalized spacial score (nSPS) is 12.8. The highest BCUT2D eigenvalue weighted by molar-refractivity contribution is 6.02. The van der Waals surface area contributed by atoms with Gasteiger partial charge in [0.2, 0.25) is 12.7 Å². The minimum Gasteiger partial charge on any atom is -0.454 e. The number of fused-ring (bicyclic) bond motifs is 2. The molecule has 0 saturated heterocycles. The Morgan fingerprint density at radius 1 is 1.04 bits per heavy atom. The van der Waals surface area contributed by atoms with Gasteiger partial charge in [0.1, 0.15) is 0 Å². The van der Waals surface area contributed by atoms with Crippen LogP contribution in [0.4, 0.5) is 5.69 Å². The van der Waals surface area contributed by atoms with Crippen LogP contribution in [0.25, 0.3) is 17.1 Å². The third kappa shape index (κ3) is 2.73. The largest absolute Gasteiger partial charge is 0.454 e. The summed E-state index contributed by atoms with van der Waals surface area (Å²) in [5.41, 5.74) is 2.93. The number of imidazole rings is 1. The molecule has 1 N–H and O–H groups in total. The zero-order valence-electron chi connectivity index (χ0n) is 14.4. The number of amides is 1. The molecule has 1 aliphatic heterocycles. The molecule has 0 fully saturated rings. The predicted molar refractivity (Wildman–Crippen MR) is 98.4 cm³/mol. The molecule has 0 atom stereocenters. The summed E-state index contributed by atoms with van der Waals surface area (Å²) < 4.78 is 13.7. The van der Waals surface area contributed by atoms with Crippen molar-refractivity contribution in [3.05, 3.63) is 58.5 Å². The van der Waals surface area contributed by atoms with Crippen molar-refractivity contribution in [1.29, 1.82) is 0 Å². The molecule has 0 unspecified atom stereocenters. The lowest BCUT2D eigenvalue weighted by atomic mass is 10.2. The van der Waals surface area contributed by atoms with Gasteiger partial charge in [-0.05, 0) is 42.0 Å². The Labute approximate surface area is 149 Å². The van der Waals surface area contributed by atoms with Gasteiger partial charge < -0.3 is 14.8 Å². The lowest BCUT2D eigenvalue weighted by molar-refractivity contribution is -0.111. The second-order valence-corrected chi connectivity index (χ2v) is 6.04. The van der Waals surface area contributed by atoms with E-state index in [0.717, 1.165) is 16.6 Å². The molecule has 3 aromatic rings. The lowest BCUT2D eigenvalue weighted by Crippen LogP contribution is -2.19. The van der Waals surface area contributed by atoms with Crippen molar-refractivity contribution >= 4 is 28.7 Å². The molecule has 0 radical (unpaired) electrons. The van der Waals surface area contributed by atoms with Crippen LogP contribution in [0, 0.1) is 0 Å². The van der Waals surface area contributed by atoms with E-state index in [1.54, 1.807) is 41.4 Å². The minimum absolute atomic E-state index is 0.105. The molecular weight excluding hydrogens is 334 g/mol. The second kappa shape index (κ2) is 6.11. The molecule has 0 aliphatic carbocycles. The molecule has 1 aromatic heterocycles. The van der Waals surface area contributed by atoms with Crippen LogP contribution in [-0.2, 0) is 18.9 Å². The van der Waals surface area contributed by atoms with E-state index in [9.17, 15) is 9.59 Å². The number of benzene rings is 2. The zero-order chi connectivity index (χ0) is 18.3. The Hall–Kier alpha value is -3.48. The van der Waals surface area contributed by atoms with Gasteiger partial charge in [-0.2, -0.15) is 0 Å². The number of hydrogen-bond acceptors (Lipinski definition) is 4. The smallest absolute Gasteiger partial charge is 0.328 e. The van der Waals surface area contributed by atoms with E-state index in [-0.39, 0.29) is 18.4 Å². The van der Waals surface area contributed by atoms with Crippen LogP contribution in [0.3, 0.4) is 0 Å². The summed E-state index contributed by atoms with van der Waals surface area (Å²) in [7, 11) is 3.42. The number of rotatable bonds is 3. The minimum atomic E-state index is -0.261. The van der Waals surface area contributed by atoms with Crippen LogP contribution >= 0.6 is 0 Å². The first kappa shape index (κ1) is 16.0. The van der Waals surface area contributed by atoms with Crippen LogP contribution in [0.15, 0.2) is 47.3 Å². The van der Waals surface area contributed by atoms with Crippen LogP contribution in [0.5, 0.6) is 11.5 Å². The fraction of sp³-hybridized carbons (Fsp3) is 0.158. The van der Waals surface area contributed by atoms with E-state index in [2.05, 4.69) is 5.32 Å². The van der Waals surface area contributed by atoms with Gasteiger partial charge in [-0.25, -0.2) is 4.79 Å². The van der Waals surface area contributed by atoms with Crippen molar-refractivity contribution in [2.45, 2.75) is 0 Å².